The minimum absolute atomic E-state index is 0.113. The molecular weight excluding hydrogens is 244 g/mol. The molecule has 1 amide bonds. The summed E-state index contributed by atoms with van der Waals surface area (Å²) in [5, 5.41) is 7.85. The van der Waals surface area contributed by atoms with Crippen molar-refractivity contribution in [2.45, 2.75) is 50.4 Å². The van der Waals surface area contributed by atoms with Gasteiger partial charge in [0.25, 0.3) is 0 Å². The number of amides is 1. The van der Waals surface area contributed by atoms with Crippen LogP contribution in [0, 0.1) is 5.92 Å². The van der Waals surface area contributed by atoms with Gasteiger partial charge in [-0.25, -0.2) is 0 Å². The molecular formula is C14H18N2OS. The molecule has 96 valence electrons. The molecule has 0 aromatic carbocycles. The molecule has 4 heteroatoms. The number of nitrogens with zero attached hydrogens (tertiary/aromatic N) is 1. The van der Waals surface area contributed by atoms with Crippen molar-refractivity contribution in [3.05, 3.63) is 22.4 Å². The molecule has 1 aromatic heterocycles. The first-order valence-corrected chi connectivity index (χ1v) is 7.78. The minimum Gasteiger partial charge on any atom is -0.318 e. The molecule has 18 heavy (non-hydrogen) atoms. The van der Waals surface area contributed by atoms with Crippen molar-refractivity contribution in [1.82, 2.24) is 10.2 Å². The van der Waals surface area contributed by atoms with Crippen molar-refractivity contribution in [3.63, 3.8) is 0 Å². The fourth-order valence-corrected chi connectivity index (χ4v) is 3.82. The lowest BCUT2D eigenvalue weighted by molar-refractivity contribution is -0.133. The van der Waals surface area contributed by atoms with Gasteiger partial charge in [-0.1, -0.05) is 0 Å². The number of hydrogen-bond acceptors (Lipinski definition) is 3. The Morgan fingerprint density at radius 1 is 1.50 bits per heavy atom. The number of carbonyl (C=O) groups excluding carboxylic acids is 1. The average Bonchev–Trinajstić information content (AvgIpc) is 3.26. The Morgan fingerprint density at radius 2 is 2.28 bits per heavy atom. The van der Waals surface area contributed by atoms with E-state index >= 15 is 0 Å². The maximum Gasteiger partial charge on any atom is 0.244 e. The summed E-state index contributed by atoms with van der Waals surface area (Å²) in [6, 6.07) is 2.53. The molecule has 0 radical (unpaired) electrons. The maximum absolute atomic E-state index is 12.6. The van der Waals surface area contributed by atoms with Crippen LogP contribution in [0.25, 0.3) is 0 Å². The molecule has 1 N–H and O–H groups in total. The second kappa shape index (κ2) is 3.58. The molecule has 1 aromatic rings. The standard InChI is InChI=1S/C14H18N2OS/c1-9(10-2-3-10)16-12(11-4-7-18-8-11)15-14(5-6-14)13(16)17/h4,7-10,12,15H,2-3,5-6H2,1H3. The lowest BCUT2D eigenvalue weighted by Crippen LogP contribution is -2.40. The first-order chi connectivity index (χ1) is 8.71. The van der Waals surface area contributed by atoms with Crippen molar-refractivity contribution in [2.24, 2.45) is 5.92 Å². The first-order valence-electron chi connectivity index (χ1n) is 6.84. The lowest BCUT2D eigenvalue weighted by atomic mass is 10.1. The quantitative estimate of drug-likeness (QED) is 0.907. The van der Waals surface area contributed by atoms with Gasteiger partial charge < -0.3 is 4.90 Å². The van der Waals surface area contributed by atoms with E-state index in [1.54, 1.807) is 11.3 Å². The van der Waals surface area contributed by atoms with Gasteiger partial charge in [-0.15, -0.1) is 0 Å². The van der Waals surface area contributed by atoms with E-state index in [1.807, 2.05) is 0 Å². The third kappa shape index (κ3) is 1.48. The third-order valence-electron chi connectivity index (χ3n) is 4.69. The molecule has 2 atom stereocenters. The van der Waals surface area contributed by atoms with Gasteiger partial charge in [0.1, 0.15) is 11.7 Å². The van der Waals surface area contributed by atoms with Crippen LogP contribution in [0.1, 0.15) is 44.3 Å². The monoisotopic (exact) mass is 262 g/mol. The van der Waals surface area contributed by atoms with Crippen LogP contribution in [0.2, 0.25) is 0 Å². The zero-order chi connectivity index (χ0) is 12.3. The van der Waals surface area contributed by atoms with Crippen LogP contribution in [0.5, 0.6) is 0 Å². The topological polar surface area (TPSA) is 32.3 Å². The summed E-state index contributed by atoms with van der Waals surface area (Å²) < 4.78 is 0. The fourth-order valence-electron chi connectivity index (χ4n) is 3.14. The molecule has 2 unspecified atom stereocenters. The number of hydrogen-bond donors (Lipinski definition) is 1. The van der Waals surface area contributed by atoms with Crippen LogP contribution in [0.15, 0.2) is 16.8 Å². The highest BCUT2D eigenvalue weighted by atomic mass is 32.1. The van der Waals surface area contributed by atoms with Crippen LogP contribution >= 0.6 is 11.3 Å². The largest absolute Gasteiger partial charge is 0.318 e. The third-order valence-corrected chi connectivity index (χ3v) is 5.39. The molecule has 2 heterocycles. The van der Waals surface area contributed by atoms with Gasteiger partial charge in [-0.2, -0.15) is 11.3 Å². The van der Waals surface area contributed by atoms with Crippen LogP contribution in [-0.2, 0) is 4.79 Å². The minimum atomic E-state index is -0.199. The Labute approximate surface area is 111 Å². The van der Waals surface area contributed by atoms with E-state index in [4.69, 9.17) is 0 Å². The van der Waals surface area contributed by atoms with Crippen molar-refractivity contribution < 1.29 is 4.79 Å². The molecule has 4 rings (SSSR count). The van der Waals surface area contributed by atoms with Crippen molar-refractivity contribution in [3.8, 4) is 0 Å². The summed E-state index contributed by atoms with van der Waals surface area (Å²) in [5.74, 6) is 1.07. The van der Waals surface area contributed by atoms with E-state index in [0.29, 0.717) is 11.9 Å². The Kier molecular flexibility index (Phi) is 2.19. The van der Waals surface area contributed by atoms with Gasteiger partial charge in [0.15, 0.2) is 0 Å². The van der Waals surface area contributed by atoms with Gasteiger partial charge in [-0.05, 0) is 60.9 Å². The van der Waals surface area contributed by atoms with Crippen LogP contribution in [0.3, 0.4) is 0 Å². The molecule has 0 bridgehead atoms. The predicted octanol–water partition coefficient (Wildman–Crippen LogP) is 2.51. The SMILES string of the molecule is CC(C1CC1)N1C(=O)C2(CC2)NC1c1ccsc1. The summed E-state index contributed by atoms with van der Waals surface area (Å²) in [6.45, 7) is 2.22. The molecule has 2 aliphatic carbocycles. The van der Waals surface area contributed by atoms with Crippen molar-refractivity contribution in [2.75, 3.05) is 0 Å². The zero-order valence-electron chi connectivity index (χ0n) is 10.6. The molecule has 1 aliphatic heterocycles. The predicted molar refractivity (Wildman–Crippen MR) is 71.2 cm³/mol. The highest BCUT2D eigenvalue weighted by Crippen LogP contribution is 2.49. The van der Waals surface area contributed by atoms with Crippen LogP contribution in [0.4, 0.5) is 0 Å². The molecule has 1 spiro atoms. The Bertz CT molecular complexity index is 476. The lowest BCUT2D eigenvalue weighted by Gasteiger charge is -2.30. The van der Waals surface area contributed by atoms with Gasteiger partial charge in [0.2, 0.25) is 5.91 Å². The van der Waals surface area contributed by atoms with E-state index in [0.717, 1.165) is 18.8 Å². The number of nitrogens with one attached hydrogen (secondary N) is 1. The second-order valence-electron chi connectivity index (χ2n) is 5.98. The molecule has 3 fully saturated rings. The van der Waals surface area contributed by atoms with E-state index < -0.39 is 0 Å². The van der Waals surface area contributed by atoms with Gasteiger partial charge >= 0.3 is 0 Å². The van der Waals surface area contributed by atoms with Crippen LogP contribution < -0.4 is 5.32 Å². The first kappa shape index (κ1) is 11.0. The average molecular weight is 262 g/mol. The van der Waals surface area contributed by atoms with Crippen molar-refractivity contribution in [1.29, 1.82) is 0 Å². The Hall–Kier alpha value is -0.870. The van der Waals surface area contributed by atoms with E-state index in [2.05, 4.69) is 34.0 Å². The van der Waals surface area contributed by atoms with E-state index in [9.17, 15) is 4.79 Å². The number of carbonyl (C=O) groups is 1. The van der Waals surface area contributed by atoms with Gasteiger partial charge in [0, 0.05) is 6.04 Å². The van der Waals surface area contributed by atoms with Gasteiger partial charge in [0.05, 0.1) is 0 Å². The normalized spacial score (nSPS) is 31.1. The van der Waals surface area contributed by atoms with Gasteiger partial charge in [-0.3, -0.25) is 10.1 Å². The summed E-state index contributed by atoms with van der Waals surface area (Å²) in [5.41, 5.74) is 1.06. The summed E-state index contributed by atoms with van der Waals surface area (Å²) in [7, 11) is 0. The van der Waals surface area contributed by atoms with E-state index in [1.165, 1.54) is 18.4 Å². The number of rotatable bonds is 3. The molecule has 3 nitrogen and oxygen atoms in total. The van der Waals surface area contributed by atoms with Crippen molar-refractivity contribution >= 4 is 17.2 Å². The smallest absolute Gasteiger partial charge is 0.244 e. The zero-order valence-corrected chi connectivity index (χ0v) is 11.4. The Balaban J connectivity index is 1.69. The molecule has 1 saturated heterocycles. The summed E-state index contributed by atoms with van der Waals surface area (Å²) in [6.07, 6.45) is 4.71. The summed E-state index contributed by atoms with van der Waals surface area (Å²) in [4.78, 5) is 14.8. The molecule has 2 saturated carbocycles. The van der Waals surface area contributed by atoms with Crippen LogP contribution in [-0.4, -0.2) is 22.4 Å². The molecule has 3 aliphatic rings. The highest BCUT2D eigenvalue weighted by molar-refractivity contribution is 7.07. The van der Waals surface area contributed by atoms with E-state index in [-0.39, 0.29) is 11.7 Å². The second-order valence-corrected chi connectivity index (χ2v) is 6.76. The highest BCUT2D eigenvalue weighted by Gasteiger charge is 2.61. The fraction of sp³-hybridized carbons (Fsp3) is 0.643. The maximum atomic E-state index is 12.6. The number of thiophene rings is 1. The Morgan fingerprint density at radius 3 is 2.83 bits per heavy atom. The summed E-state index contributed by atoms with van der Waals surface area (Å²) >= 11 is 1.71.